The molecule has 0 radical (unpaired) electrons. The van der Waals surface area contributed by atoms with Crippen molar-refractivity contribution < 1.29 is 19.2 Å². The van der Waals surface area contributed by atoms with Crippen molar-refractivity contribution >= 4 is 29.5 Å². The number of carbonyl (C=O) groups excluding carboxylic acids is 3. The van der Waals surface area contributed by atoms with Gasteiger partial charge in [0.25, 0.3) is 11.8 Å². The van der Waals surface area contributed by atoms with Gasteiger partial charge in [0.05, 0.1) is 11.1 Å². The van der Waals surface area contributed by atoms with E-state index in [4.69, 9.17) is 16.4 Å². The number of halogens is 1. The van der Waals surface area contributed by atoms with Gasteiger partial charge in [-0.3, -0.25) is 9.59 Å². The maximum atomic E-state index is 13.0. The Morgan fingerprint density at radius 1 is 0.914 bits per heavy atom. The lowest BCUT2D eigenvalue weighted by Crippen LogP contribution is -2.43. The number of aryl methyl sites for hydroxylation is 1. The number of amides is 3. The molecule has 0 atom stereocenters. The molecule has 3 amide bonds. The molecule has 0 spiro atoms. The third kappa shape index (κ3) is 4.66. The lowest BCUT2D eigenvalue weighted by Gasteiger charge is -2.31. The second-order valence-electron chi connectivity index (χ2n) is 9.12. The first-order valence-corrected chi connectivity index (χ1v) is 12.1. The molecule has 6 nitrogen and oxygen atoms in total. The first-order valence-electron chi connectivity index (χ1n) is 11.7. The number of piperidine rings is 1. The van der Waals surface area contributed by atoms with Crippen LogP contribution in [0.4, 0.5) is 4.79 Å². The Hall–Kier alpha value is -3.64. The Morgan fingerprint density at radius 3 is 2.37 bits per heavy atom. The van der Waals surface area contributed by atoms with Gasteiger partial charge < -0.3 is 9.74 Å². The molecule has 35 heavy (non-hydrogen) atoms. The topological polar surface area (TPSA) is 66.9 Å². The van der Waals surface area contributed by atoms with Gasteiger partial charge in [-0.2, -0.15) is 0 Å². The van der Waals surface area contributed by atoms with Gasteiger partial charge in [-0.1, -0.05) is 70.8 Å². The summed E-state index contributed by atoms with van der Waals surface area (Å²) in [5.74, 6) is -0.845. The molecule has 3 aromatic carbocycles. The normalized spacial score (nSPS) is 15.9. The number of nitrogens with zero attached hydrogens (tertiary/aromatic N) is 2. The Kier molecular flexibility index (Phi) is 6.31. The van der Waals surface area contributed by atoms with E-state index < -0.39 is 17.9 Å². The summed E-state index contributed by atoms with van der Waals surface area (Å²) in [6, 6.07) is 20.8. The zero-order chi connectivity index (χ0) is 24.5. The van der Waals surface area contributed by atoms with E-state index >= 15 is 0 Å². The first kappa shape index (κ1) is 23.1. The number of imide groups is 1. The zero-order valence-electron chi connectivity index (χ0n) is 19.4. The third-order valence-corrected chi connectivity index (χ3v) is 7.08. The molecule has 1 fully saturated rings. The van der Waals surface area contributed by atoms with Crippen LogP contribution >= 0.6 is 11.6 Å². The smallest absolute Gasteiger partial charge is 0.310 e. The second-order valence-corrected chi connectivity index (χ2v) is 9.52. The summed E-state index contributed by atoms with van der Waals surface area (Å²) in [5, 5.41) is 1.34. The number of fused-ring (bicyclic) bond motifs is 1. The van der Waals surface area contributed by atoms with Crippen molar-refractivity contribution in [3.05, 3.63) is 94.0 Å². The van der Waals surface area contributed by atoms with E-state index in [9.17, 15) is 14.4 Å². The molecule has 5 rings (SSSR count). The summed E-state index contributed by atoms with van der Waals surface area (Å²) in [7, 11) is 0. The molecule has 0 aromatic heterocycles. The zero-order valence-corrected chi connectivity index (χ0v) is 20.1. The Balaban J connectivity index is 1.22. The second kappa shape index (κ2) is 9.55. The van der Waals surface area contributed by atoms with Gasteiger partial charge in [0.1, 0.15) is 0 Å². The van der Waals surface area contributed by atoms with Crippen molar-refractivity contribution in [2.45, 2.75) is 26.2 Å². The number of hydroxylamine groups is 2. The third-order valence-electron chi connectivity index (χ3n) is 6.71. The highest BCUT2D eigenvalue weighted by molar-refractivity contribution is 6.31. The standard InChI is InChI=1S/C28H25ClN2O4/c1-18-5-4-7-20(15-18)21-9-10-23-24(17-21)27(33)31(26(23)32)35-28(34)30-13-11-19(12-14-30)16-22-6-2-3-8-25(22)29/h2-10,15,17,19H,11-14,16H2,1H3. The Bertz CT molecular complexity index is 1310. The van der Waals surface area contributed by atoms with Crippen LogP contribution in [0, 0.1) is 12.8 Å². The largest absolute Gasteiger partial charge is 0.434 e. The Morgan fingerprint density at radius 2 is 1.63 bits per heavy atom. The number of carbonyl (C=O) groups is 3. The summed E-state index contributed by atoms with van der Waals surface area (Å²) >= 11 is 6.28. The van der Waals surface area contributed by atoms with Gasteiger partial charge in [0.2, 0.25) is 0 Å². The van der Waals surface area contributed by atoms with Crippen LogP contribution in [-0.2, 0) is 11.3 Å². The molecule has 2 heterocycles. The van der Waals surface area contributed by atoms with Crippen LogP contribution < -0.4 is 0 Å². The van der Waals surface area contributed by atoms with Gasteiger partial charge in [-0.05, 0) is 67.0 Å². The van der Waals surface area contributed by atoms with E-state index in [0.717, 1.165) is 46.5 Å². The fraction of sp³-hybridized carbons (Fsp3) is 0.250. The summed E-state index contributed by atoms with van der Waals surface area (Å²) in [4.78, 5) is 45.4. The lowest BCUT2D eigenvalue weighted by atomic mass is 9.90. The van der Waals surface area contributed by atoms with Crippen LogP contribution in [0.25, 0.3) is 11.1 Å². The molecule has 2 aliphatic rings. The molecular weight excluding hydrogens is 464 g/mol. The van der Waals surface area contributed by atoms with Crippen LogP contribution in [-0.4, -0.2) is 41.0 Å². The molecule has 178 valence electrons. The van der Waals surface area contributed by atoms with Gasteiger partial charge >= 0.3 is 6.09 Å². The van der Waals surface area contributed by atoms with Crippen LogP contribution in [0.15, 0.2) is 66.7 Å². The van der Waals surface area contributed by atoms with E-state index in [1.54, 1.807) is 23.1 Å². The van der Waals surface area contributed by atoms with E-state index in [1.165, 1.54) is 0 Å². The minimum atomic E-state index is -0.686. The van der Waals surface area contributed by atoms with Crippen molar-refractivity contribution in [3.63, 3.8) is 0 Å². The van der Waals surface area contributed by atoms with Crippen molar-refractivity contribution in [1.82, 2.24) is 9.96 Å². The monoisotopic (exact) mass is 488 g/mol. The molecule has 2 aliphatic heterocycles. The van der Waals surface area contributed by atoms with Gasteiger partial charge in [-0.15, -0.1) is 0 Å². The van der Waals surface area contributed by atoms with Crippen LogP contribution in [0.1, 0.15) is 44.7 Å². The fourth-order valence-corrected chi connectivity index (χ4v) is 4.95. The molecule has 0 aliphatic carbocycles. The van der Waals surface area contributed by atoms with Crippen molar-refractivity contribution in [2.24, 2.45) is 5.92 Å². The molecule has 1 saturated heterocycles. The fourth-order valence-electron chi connectivity index (χ4n) is 4.74. The summed E-state index contributed by atoms with van der Waals surface area (Å²) in [6.07, 6.45) is 1.75. The predicted molar refractivity (Wildman–Crippen MR) is 133 cm³/mol. The lowest BCUT2D eigenvalue weighted by molar-refractivity contribution is -0.0594. The first-order chi connectivity index (χ1) is 16.9. The van der Waals surface area contributed by atoms with E-state index in [0.29, 0.717) is 24.1 Å². The Labute approximate surface area is 209 Å². The molecule has 0 N–H and O–H groups in total. The highest BCUT2D eigenvalue weighted by Crippen LogP contribution is 2.30. The van der Waals surface area contributed by atoms with Crippen molar-refractivity contribution in [2.75, 3.05) is 13.1 Å². The predicted octanol–water partition coefficient (Wildman–Crippen LogP) is 5.92. The maximum absolute atomic E-state index is 13.0. The van der Waals surface area contributed by atoms with E-state index in [2.05, 4.69) is 0 Å². The van der Waals surface area contributed by atoms with Crippen LogP contribution in [0.3, 0.4) is 0 Å². The maximum Gasteiger partial charge on any atom is 0.434 e. The minimum Gasteiger partial charge on any atom is -0.310 e. The van der Waals surface area contributed by atoms with Gasteiger partial charge in [-0.25, -0.2) is 4.79 Å². The summed E-state index contributed by atoms with van der Waals surface area (Å²) in [5.41, 5.74) is 4.44. The van der Waals surface area contributed by atoms with Crippen LogP contribution in [0.2, 0.25) is 5.02 Å². The molecule has 7 heteroatoms. The van der Waals surface area contributed by atoms with Gasteiger partial charge in [0, 0.05) is 18.1 Å². The number of likely N-dealkylation sites (tertiary alicyclic amines) is 1. The molecule has 0 saturated carbocycles. The minimum absolute atomic E-state index is 0.234. The molecule has 0 bridgehead atoms. The van der Waals surface area contributed by atoms with Crippen molar-refractivity contribution in [3.8, 4) is 11.1 Å². The SMILES string of the molecule is Cc1cccc(-c2ccc3c(c2)C(=O)N(OC(=O)N2CCC(Cc4ccccc4Cl)CC2)C3=O)c1. The van der Waals surface area contributed by atoms with Crippen molar-refractivity contribution in [1.29, 1.82) is 0 Å². The highest BCUT2D eigenvalue weighted by Gasteiger charge is 2.40. The van der Waals surface area contributed by atoms with Crippen LogP contribution in [0.5, 0.6) is 0 Å². The molecule has 3 aromatic rings. The number of benzene rings is 3. The number of hydrogen-bond acceptors (Lipinski definition) is 4. The number of hydrogen-bond donors (Lipinski definition) is 0. The highest BCUT2D eigenvalue weighted by atomic mass is 35.5. The van der Waals surface area contributed by atoms with Gasteiger partial charge in [0.15, 0.2) is 0 Å². The summed E-state index contributed by atoms with van der Waals surface area (Å²) < 4.78 is 0. The average Bonchev–Trinajstić information content (AvgIpc) is 3.10. The molecular formula is C28H25ClN2O4. The molecule has 0 unspecified atom stereocenters. The average molecular weight is 489 g/mol. The van der Waals surface area contributed by atoms with E-state index in [-0.39, 0.29) is 11.1 Å². The summed E-state index contributed by atoms with van der Waals surface area (Å²) in [6.45, 7) is 2.98. The van der Waals surface area contributed by atoms with E-state index in [1.807, 2.05) is 55.5 Å². The number of rotatable bonds is 4. The quantitative estimate of drug-likeness (QED) is 0.428.